The summed E-state index contributed by atoms with van der Waals surface area (Å²) in [5.74, 6) is 10.8. The van der Waals surface area contributed by atoms with E-state index in [4.69, 9.17) is 61.1 Å². The van der Waals surface area contributed by atoms with Gasteiger partial charge in [-0.05, 0) is 392 Å². The second-order valence-electron chi connectivity index (χ2n) is 45.5. The minimum absolute atomic E-state index is 0.0329. The molecular formula is C109H154Cl2O15. The van der Waals surface area contributed by atoms with Gasteiger partial charge in [0, 0.05) is 11.8 Å². The predicted octanol–water partition coefficient (Wildman–Crippen LogP) is 25.2. The zero-order valence-electron chi connectivity index (χ0n) is 79.4. The quantitative estimate of drug-likeness (QED) is 0.0185. The van der Waals surface area contributed by atoms with Crippen LogP contribution >= 0.6 is 23.2 Å². The normalized spacial score (nSPS) is 31.8. The first-order valence-electron chi connectivity index (χ1n) is 49.1. The van der Waals surface area contributed by atoms with Gasteiger partial charge in [0.1, 0.15) is 55.6 Å². The highest BCUT2D eigenvalue weighted by Crippen LogP contribution is 2.63. The number of halogens is 2. The smallest absolute Gasteiger partial charge is 0.313 e. The average Bonchev–Trinajstić information content (AvgIpc) is 0.730. The molecule has 4 atom stereocenters. The molecule has 15 nitrogen and oxygen atoms in total. The maximum atomic E-state index is 13.7. The number of hydrogen-bond donors (Lipinski definition) is 0. The number of carbonyl (C=O) groups excluding carboxylic acids is 7. The lowest BCUT2D eigenvalue weighted by atomic mass is 9.50. The number of aryl methyl sites for hydroxylation is 1. The molecule has 126 heavy (non-hydrogen) atoms. The molecule has 17 heteroatoms. The Kier molecular flexibility index (Phi) is 31.1. The molecule has 0 saturated heterocycles. The van der Waals surface area contributed by atoms with Gasteiger partial charge in [0.05, 0.1) is 37.9 Å². The molecular weight excluding hydrogens is 1620 g/mol. The molecule has 0 heterocycles. The minimum atomic E-state index is -0.908. The summed E-state index contributed by atoms with van der Waals surface area (Å²) in [5.41, 5.74) is -1.77. The molecule has 20 rings (SSSR count). The zero-order chi connectivity index (χ0) is 90.5. The van der Waals surface area contributed by atoms with Crippen LogP contribution in [0.2, 0.25) is 0 Å². The number of rotatable bonds is 34. The van der Waals surface area contributed by atoms with Gasteiger partial charge in [-0.25, -0.2) is 0 Å². The van der Waals surface area contributed by atoms with Gasteiger partial charge in [-0.3, -0.25) is 33.6 Å². The van der Waals surface area contributed by atoms with Crippen LogP contribution in [0.25, 0.3) is 0 Å². The van der Waals surface area contributed by atoms with Gasteiger partial charge >= 0.3 is 41.8 Å². The fourth-order valence-corrected chi connectivity index (χ4v) is 27.8. The van der Waals surface area contributed by atoms with Gasteiger partial charge < -0.3 is 37.9 Å². The standard InChI is InChI=1S/2C28H39ClO4.C28H40O5.C25H36O2/c2*1-5-28(18-29,17-26(2,3)24(30)32-16-19-9-7-6-8-10-19)25(31)33-27(4)22-12-20-11-21(14-22)15-23(27)13-20;1-5-28(4,26(30)33-24-21-14-19-13-20(16-21)17-22(24)15-19)18-27(2,3)25(29)32-12-11-31-23-9-7-6-8-10-23;1-5-19(20-8-6-16(2)7-9-20)15-25(3,4)24(26)27-23-21-11-17-10-18(13-21)14-22(23)12-17/h2*6-10,20-23H,5,11-18H2,1-4H3;6-10,19-22,24H,5,11-18H2,1-4H3;6-9,17-19,21-23H,5,10-15H2,1-4H3. The molecule has 694 valence electrons. The van der Waals surface area contributed by atoms with Crippen LogP contribution in [0.5, 0.6) is 5.75 Å². The highest BCUT2D eigenvalue weighted by atomic mass is 35.5. The summed E-state index contributed by atoms with van der Waals surface area (Å²) in [5, 5.41) is 0. The first-order valence-corrected chi connectivity index (χ1v) is 50.2. The number of para-hydroxylation sites is 1. The van der Waals surface area contributed by atoms with E-state index in [9.17, 15) is 33.6 Å². The fourth-order valence-electron chi connectivity index (χ4n) is 27.1. The van der Waals surface area contributed by atoms with Crippen molar-refractivity contribution in [2.24, 2.45) is 133 Å². The van der Waals surface area contributed by atoms with E-state index in [1.807, 2.05) is 160 Å². The molecule has 0 radical (unpaired) electrons. The summed E-state index contributed by atoms with van der Waals surface area (Å²) >= 11 is 12.9. The van der Waals surface area contributed by atoms with Gasteiger partial charge in [0.25, 0.3) is 0 Å². The maximum Gasteiger partial charge on any atom is 0.313 e. The Morgan fingerprint density at radius 1 is 0.373 bits per heavy atom. The molecule has 0 aliphatic heterocycles. The molecule has 4 aromatic carbocycles. The van der Waals surface area contributed by atoms with Gasteiger partial charge in [-0.2, -0.15) is 0 Å². The Balaban J connectivity index is 0.000000144. The molecule has 0 aromatic heterocycles. The van der Waals surface area contributed by atoms with Crippen molar-refractivity contribution in [2.75, 3.05) is 25.0 Å². The van der Waals surface area contributed by atoms with Crippen molar-refractivity contribution in [1.29, 1.82) is 0 Å². The molecule has 16 aliphatic rings. The van der Waals surface area contributed by atoms with Crippen molar-refractivity contribution in [3.63, 3.8) is 0 Å². The number of ether oxygens (including phenoxy) is 8. The van der Waals surface area contributed by atoms with Crippen molar-refractivity contribution in [1.82, 2.24) is 0 Å². The molecule has 16 fully saturated rings. The summed E-state index contributed by atoms with van der Waals surface area (Å²) in [6, 6.07) is 37.5. The van der Waals surface area contributed by atoms with Gasteiger partial charge in [-0.1, -0.05) is 136 Å². The first-order chi connectivity index (χ1) is 59.8. The highest BCUT2D eigenvalue weighted by molar-refractivity contribution is 6.20. The van der Waals surface area contributed by atoms with E-state index in [1.54, 1.807) is 0 Å². The van der Waals surface area contributed by atoms with Crippen LogP contribution in [0.15, 0.2) is 115 Å². The highest BCUT2D eigenvalue weighted by Gasteiger charge is 2.62. The van der Waals surface area contributed by atoms with Crippen molar-refractivity contribution in [3.8, 4) is 5.75 Å². The molecule has 16 bridgehead atoms. The topological polar surface area (TPSA) is 193 Å². The zero-order valence-corrected chi connectivity index (χ0v) is 80.9. The molecule has 4 aromatic rings. The third-order valence-corrected chi connectivity index (χ3v) is 35.1. The van der Waals surface area contributed by atoms with Crippen molar-refractivity contribution < 1.29 is 71.5 Å². The second-order valence-corrected chi connectivity index (χ2v) is 46.0. The lowest BCUT2D eigenvalue weighted by molar-refractivity contribution is -0.214. The van der Waals surface area contributed by atoms with Crippen LogP contribution < -0.4 is 4.74 Å². The Hall–Kier alpha value is -6.45. The summed E-state index contributed by atoms with van der Waals surface area (Å²) in [6.45, 7) is 32.7. The van der Waals surface area contributed by atoms with Crippen molar-refractivity contribution in [2.45, 2.75) is 333 Å². The number of esters is 7. The molecule has 0 amide bonds. The van der Waals surface area contributed by atoms with Gasteiger partial charge in [-0.15, -0.1) is 23.2 Å². The van der Waals surface area contributed by atoms with E-state index in [2.05, 4.69) is 65.8 Å². The molecule has 16 saturated carbocycles. The summed E-state index contributed by atoms with van der Waals surface area (Å²) in [4.78, 5) is 92.9. The summed E-state index contributed by atoms with van der Waals surface area (Å²) in [6.07, 6.45) is 29.9. The largest absolute Gasteiger partial charge is 0.490 e. The number of benzene rings is 4. The van der Waals surface area contributed by atoms with Crippen LogP contribution in [-0.4, -0.2) is 90.2 Å². The average molecular weight is 1780 g/mol. The Morgan fingerprint density at radius 3 is 1.05 bits per heavy atom. The van der Waals surface area contributed by atoms with E-state index in [-0.39, 0.29) is 85.6 Å². The van der Waals surface area contributed by atoms with Crippen LogP contribution in [0.4, 0.5) is 0 Å². The monoisotopic (exact) mass is 1770 g/mol. The molecule has 0 N–H and O–H groups in total. The number of hydrogen-bond acceptors (Lipinski definition) is 15. The molecule has 0 spiro atoms. The van der Waals surface area contributed by atoms with Crippen molar-refractivity contribution >= 4 is 65.0 Å². The van der Waals surface area contributed by atoms with E-state index in [1.165, 1.54) is 140 Å². The Morgan fingerprint density at radius 2 is 0.706 bits per heavy atom. The maximum absolute atomic E-state index is 13.7. The summed E-state index contributed by atoms with van der Waals surface area (Å²) in [7, 11) is 0. The van der Waals surface area contributed by atoms with E-state index in [0.29, 0.717) is 98.4 Å². The van der Waals surface area contributed by atoms with E-state index < -0.39 is 49.1 Å². The summed E-state index contributed by atoms with van der Waals surface area (Å²) < 4.78 is 47.7. The fraction of sp³-hybridized carbons (Fsp3) is 0.716. The first kappa shape index (κ1) is 97.1. The van der Waals surface area contributed by atoms with Gasteiger partial charge in [0.2, 0.25) is 0 Å². The lowest BCUT2D eigenvalue weighted by Gasteiger charge is -2.59. The SMILES string of the molecule is CCC(C)(CC(C)(C)C(=O)OCCOc1ccccc1)C(=O)OC1C2CC3CC(C2)CC1C3.CCC(CC(C)(C)C(=O)OC1C2CC3CC(C2)CC1C3)c1ccc(C)cc1.CCC(CCl)(CC(C)(C)C(=O)OCc1ccccc1)C(=O)OC1(C)C2CC3CC(C2)CC1C3.CCC(CCl)(CC(C)(C)C(=O)OCc1ccccc1)C(=O)OC1(C)C2CC3CC(C2)CC1C3. The predicted molar refractivity (Wildman–Crippen MR) is 495 cm³/mol. The third kappa shape index (κ3) is 22.1. The second kappa shape index (κ2) is 40.3. The Labute approximate surface area is 765 Å². The van der Waals surface area contributed by atoms with Crippen LogP contribution in [0.1, 0.15) is 312 Å². The lowest BCUT2D eigenvalue weighted by Crippen LogP contribution is -2.59. The van der Waals surface area contributed by atoms with E-state index in [0.717, 1.165) is 77.1 Å². The minimum Gasteiger partial charge on any atom is -0.490 e. The van der Waals surface area contributed by atoms with Gasteiger partial charge in [0.15, 0.2) is 0 Å². The van der Waals surface area contributed by atoms with Crippen LogP contribution in [0, 0.1) is 140 Å². The number of carbonyl (C=O) groups is 7. The Bertz CT molecular complexity index is 4060. The van der Waals surface area contributed by atoms with Crippen LogP contribution in [-0.2, 0) is 79.9 Å². The molecule has 4 unspecified atom stereocenters. The number of alkyl halides is 2. The van der Waals surface area contributed by atoms with Crippen LogP contribution in [0.3, 0.4) is 0 Å². The molecule has 16 aliphatic carbocycles. The third-order valence-electron chi connectivity index (χ3n) is 34.1. The van der Waals surface area contributed by atoms with Crippen molar-refractivity contribution in [3.05, 3.63) is 138 Å². The van der Waals surface area contributed by atoms with E-state index >= 15 is 0 Å².